The average Bonchev–Trinajstić information content (AvgIpc) is 3.45. The molecule has 0 aromatic rings. The molecule has 0 aromatic heterocycles. The van der Waals surface area contributed by atoms with Gasteiger partial charge in [-0.15, -0.1) is 0 Å². The standard InChI is InChI=1S/C73H130O6/c1-4-7-10-13-16-19-22-24-26-28-30-31-32-33-34-35-36-37-38-39-40-41-43-44-46-48-51-54-57-60-63-66-72(75)78-69-70(68-77-71(74)65-62-59-56-53-50-21-18-15-12-9-6-3)79-73(76)67-64-61-58-55-52-49-47-45-42-29-27-25-23-20-17-14-11-8-5-2/h15,17-18,20,22,24-25,27-28,30,32-33,70H,4-14,16,19,21,23,26,29,31,34-69H2,1-3H3/b18-15-,20-17-,24-22-,27-25-,30-28-,33-32-. The predicted octanol–water partition coefficient (Wildman–Crippen LogP) is 23.7. The van der Waals surface area contributed by atoms with E-state index in [4.69, 9.17) is 14.2 Å². The van der Waals surface area contributed by atoms with Crippen molar-refractivity contribution in [2.24, 2.45) is 0 Å². The van der Waals surface area contributed by atoms with Crippen molar-refractivity contribution in [3.63, 3.8) is 0 Å². The second kappa shape index (κ2) is 67.4. The van der Waals surface area contributed by atoms with Crippen LogP contribution in [0.25, 0.3) is 0 Å². The number of esters is 3. The van der Waals surface area contributed by atoms with Crippen LogP contribution in [0.1, 0.15) is 355 Å². The van der Waals surface area contributed by atoms with Gasteiger partial charge in [0.25, 0.3) is 0 Å². The lowest BCUT2D eigenvalue weighted by molar-refractivity contribution is -0.167. The molecule has 0 fully saturated rings. The van der Waals surface area contributed by atoms with E-state index in [-0.39, 0.29) is 31.1 Å². The minimum Gasteiger partial charge on any atom is -0.462 e. The van der Waals surface area contributed by atoms with Gasteiger partial charge in [0.05, 0.1) is 0 Å². The van der Waals surface area contributed by atoms with Crippen molar-refractivity contribution in [1.82, 2.24) is 0 Å². The summed E-state index contributed by atoms with van der Waals surface area (Å²) in [5, 5.41) is 0. The minimum atomic E-state index is -0.781. The number of hydrogen-bond donors (Lipinski definition) is 0. The van der Waals surface area contributed by atoms with Gasteiger partial charge in [-0.1, -0.05) is 299 Å². The zero-order chi connectivity index (χ0) is 57.1. The first-order valence-electron chi connectivity index (χ1n) is 34.4. The molecule has 0 radical (unpaired) electrons. The Morgan fingerprint density at radius 1 is 0.253 bits per heavy atom. The van der Waals surface area contributed by atoms with Crippen LogP contribution in [-0.2, 0) is 28.6 Å². The quantitative estimate of drug-likeness (QED) is 0.0261. The Morgan fingerprint density at radius 3 is 0.785 bits per heavy atom. The van der Waals surface area contributed by atoms with Gasteiger partial charge in [0.1, 0.15) is 13.2 Å². The molecule has 0 heterocycles. The third kappa shape index (κ3) is 65.5. The summed E-state index contributed by atoms with van der Waals surface area (Å²) in [6, 6.07) is 0. The Morgan fingerprint density at radius 2 is 0.468 bits per heavy atom. The molecule has 0 rings (SSSR count). The van der Waals surface area contributed by atoms with Gasteiger partial charge in [-0.3, -0.25) is 14.4 Å². The van der Waals surface area contributed by atoms with Crippen LogP contribution in [0.4, 0.5) is 0 Å². The van der Waals surface area contributed by atoms with Crippen molar-refractivity contribution in [3.05, 3.63) is 72.9 Å². The number of rotatable bonds is 63. The maximum atomic E-state index is 12.9. The van der Waals surface area contributed by atoms with Crippen LogP contribution in [0.2, 0.25) is 0 Å². The van der Waals surface area contributed by atoms with Crippen molar-refractivity contribution in [3.8, 4) is 0 Å². The van der Waals surface area contributed by atoms with Gasteiger partial charge < -0.3 is 14.2 Å². The van der Waals surface area contributed by atoms with Gasteiger partial charge in [-0.25, -0.2) is 0 Å². The summed E-state index contributed by atoms with van der Waals surface area (Å²) in [6.07, 6.45) is 87.9. The Kier molecular flexibility index (Phi) is 64.7. The van der Waals surface area contributed by atoms with E-state index in [1.807, 2.05) is 0 Å². The van der Waals surface area contributed by atoms with Crippen LogP contribution >= 0.6 is 0 Å². The highest BCUT2D eigenvalue weighted by atomic mass is 16.6. The van der Waals surface area contributed by atoms with E-state index in [1.165, 1.54) is 231 Å². The molecular formula is C73H130O6. The fraction of sp³-hybridized carbons (Fsp3) is 0.795. The van der Waals surface area contributed by atoms with Crippen LogP contribution in [0.3, 0.4) is 0 Å². The van der Waals surface area contributed by atoms with Crippen LogP contribution in [0.15, 0.2) is 72.9 Å². The van der Waals surface area contributed by atoms with Crippen LogP contribution in [-0.4, -0.2) is 37.2 Å². The molecule has 1 unspecified atom stereocenters. The molecule has 0 saturated carbocycles. The largest absolute Gasteiger partial charge is 0.462 e. The molecule has 6 nitrogen and oxygen atoms in total. The summed E-state index contributed by atoms with van der Waals surface area (Å²) in [5.41, 5.74) is 0. The molecule has 0 aliphatic rings. The summed E-state index contributed by atoms with van der Waals surface area (Å²) >= 11 is 0. The lowest BCUT2D eigenvalue weighted by Gasteiger charge is -2.18. The van der Waals surface area contributed by atoms with Crippen molar-refractivity contribution >= 4 is 17.9 Å². The molecule has 0 N–H and O–H groups in total. The SMILES string of the molecule is CCCC/C=C\CCCCCCCC(=O)OCC(COC(=O)CCCCCCCCCCCCCCCCCC/C=C\C/C=C\C/C=C\CCCCCCC)OC(=O)CCCCCCCCCCC/C=C\C/C=C\CCCCC. The molecular weight excluding hydrogens is 973 g/mol. The molecule has 0 aliphatic heterocycles. The van der Waals surface area contributed by atoms with Gasteiger partial charge in [0.2, 0.25) is 0 Å². The number of carbonyl (C=O) groups is 3. The summed E-state index contributed by atoms with van der Waals surface area (Å²) in [5.74, 6) is -0.875. The molecule has 0 bridgehead atoms. The topological polar surface area (TPSA) is 78.9 Å². The van der Waals surface area contributed by atoms with Gasteiger partial charge in [-0.2, -0.15) is 0 Å². The summed E-state index contributed by atoms with van der Waals surface area (Å²) < 4.78 is 16.9. The van der Waals surface area contributed by atoms with E-state index < -0.39 is 6.10 Å². The lowest BCUT2D eigenvalue weighted by atomic mass is 10.0. The molecule has 458 valence electrons. The summed E-state index contributed by atoms with van der Waals surface area (Å²) in [6.45, 7) is 6.60. The number of carbonyl (C=O) groups excluding carboxylic acids is 3. The first kappa shape index (κ1) is 75.8. The van der Waals surface area contributed by atoms with Crippen LogP contribution < -0.4 is 0 Å². The Bertz CT molecular complexity index is 1450. The van der Waals surface area contributed by atoms with Gasteiger partial charge in [-0.05, 0) is 109 Å². The molecule has 1 atom stereocenters. The summed E-state index contributed by atoms with van der Waals surface area (Å²) in [7, 11) is 0. The van der Waals surface area contributed by atoms with Crippen molar-refractivity contribution < 1.29 is 28.6 Å². The maximum Gasteiger partial charge on any atom is 0.306 e. The van der Waals surface area contributed by atoms with Crippen molar-refractivity contribution in [2.75, 3.05) is 13.2 Å². The fourth-order valence-electron chi connectivity index (χ4n) is 9.93. The number of ether oxygens (including phenoxy) is 3. The molecule has 0 spiro atoms. The van der Waals surface area contributed by atoms with Crippen LogP contribution in [0, 0.1) is 0 Å². The molecule has 0 aliphatic carbocycles. The zero-order valence-electron chi connectivity index (χ0n) is 52.6. The predicted molar refractivity (Wildman–Crippen MR) is 344 cm³/mol. The normalized spacial score (nSPS) is 12.5. The van der Waals surface area contributed by atoms with E-state index in [1.54, 1.807) is 0 Å². The first-order valence-corrected chi connectivity index (χ1v) is 34.4. The van der Waals surface area contributed by atoms with E-state index >= 15 is 0 Å². The Balaban J connectivity index is 4.16. The second-order valence-electron chi connectivity index (χ2n) is 23.1. The highest BCUT2D eigenvalue weighted by molar-refractivity contribution is 5.71. The van der Waals surface area contributed by atoms with E-state index in [0.717, 1.165) is 83.5 Å². The van der Waals surface area contributed by atoms with E-state index in [2.05, 4.69) is 93.7 Å². The highest BCUT2D eigenvalue weighted by Crippen LogP contribution is 2.17. The lowest BCUT2D eigenvalue weighted by Crippen LogP contribution is -2.30. The molecule has 6 heteroatoms. The molecule has 79 heavy (non-hydrogen) atoms. The maximum absolute atomic E-state index is 12.9. The summed E-state index contributed by atoms with van der Waals surface area (Å²) in [4.78, 5) is 38.3. The number of hydrogen-bond acceptors (Lipinski definition) is 6. The zero-order valence-corrected chi connectivity index (χ0v) is 52.6. The third-order valence-corrected chi connectivity index (χ3v) is 15.2. The monoisotopic (exact) mass is 1100 g/mol. The number of unbranched alkanes of at least 4 members (excludes halogenated alkanes) is 40. The molecule has 0 saturated heterocycles. The highest BCUT2D eigenvalue weighted by Gasteiger charge is 2.19. The third-order valence-electron chi connectivity index (χ3n) is 15.2. The Hall–Kier alpha value is -3.15. The van der Waals surface area contributed by atoms with Crippen LogP contribution in [0.5, 0.6) is 0 Å². The van der Waals surface area contributed by atoms with Gasteiger partial charge in [0.15, 0.2) is 6.10 Å². The molecule has 0 aromatic carbocycles. The van der Waals surface area contributed by atoms with E-state index in [9.17, 15) is 14.4 Å². The first-order chi connectivity index (χ1) is 39.0. The Labute approximate surface area is 491 Å². The van der Waals surface area contributed by atoms with Crippen molar-refractivity contribution in [1.29, 1.82) is 0 Å². The number of allylic oxidation sites excluding steroid dienone is 12. The van der Waals surface area contributed by atoms with E-state index in [0.29, 0.717) is 19.3 Å². The van der Waals surface area contributed by atoms with Gasteiger partial charge >= 0.3 is 17.9 Å². The molecule has 0 amide bonds. The van der Waals surface area contributed by atoms with Gasteiger partial charge in [0, 0.05) is 19.3 Å². The fourth-order valence-corrected chi connectivity index (χ4v) is 9.93. The average molecular weight is 1100 g/mol. The smallest absolute Gasteiger partial charge is 0.306 e. The minimum absolute atomic E-state index is 0.0770. The second-order valence-corrected chi connectivity index (χ2v) is 23.1. The van der Waals surface area contributed by atoms with Crippen molar-refractivity contribution in [2.45, 2.75) is 361 Å².